The Morgan fingerprint density at radius 1 is 1.05 bits per heavy atom. The first-order valence-corrected chi connectivity index (χ1v) is 13.6. The van der Waals surface area contributed by atoms with Gasteiger partial charge in [0.1, 0.15) is 5.00 Å². The number of anilines is 1. The van der Waals surface area contributed by atoms with Crippen molar-refractivity contribution in [2.24, 2.45) is 17.1 Å². The molecular weight excluding hydrogens is 478 g/mol. The van der Waals surface area contributed by atoms with Crippen molar-refractivity contribution in [1.29, 1.82) is 0 Å². The third-order valence-electron chi connectivity index (χ3n) is 7.73. The number of nitrogens with zero attached hydrogens (tertiary/aromatic N) is 1. The van der Waals surface area contributed by atoms with Gasteiger partial charge in [0, 0.05) is 15.8 Å². The van der Waals surface area contributed by atoms with Crippen molar-refractivity contribution >= 4 is 39.1 Å². The Labute approximate surface area is 222 Å². The number of rotatable bonds is 4. The van der Waals surface area contributed by atoms with Crippen LogP contribution in [-0.2, 0) is 12.8 Å². The molecule has 2 heterocycles. The molecule has 0 bridgehead atoms. The van der Waals surface area contributed by atoms with Crippen LogP contribution in [-0.4, -0.2) is 16.8 Å². The Morgan fingerprint density at radius 2 is 1.81 bits per heavy atom. The number of thiophene rings is 1. The molecule has 6 heteroatoms. The average molecular weight is 512 g/mol. The standard InChI is InChI=1S/C31H33N3O2S/c1-17-10-11-19(14-18(17)2)25-16-23(21-8-6-7-9-24(21)33-25)29(36)34-30-27(28(32)35)22-13-12-20(31(3,4)5)15-26(22)37-30/h6-11,14,16,20H,12-13,15H2,1-5H3,(H2,32,35)(H,34,36)/t20-/m1/s1. The van der Waals surface area contributed by atoms with Gasteiger partial charge in [-0.15, -0.1) is 11.3 Å². The molecule has 2 amide bonds. The van der Waals surface area contributed by atoms with E-state index >= 15 is 0 Å². The zero-order valence-corrected chi connectivity index (χ0v) is 22.9. The summed E-state index contributed by atoms with van der Waals surface area (Å²) >= 11 is 1.49. The number of hydrogen-bond acceptors (Lipinski definition) is 4. The third-order valence-corrected chi connectivity index (χ3v) is 8.90. The van der Waals surface area contributed by atoms with Crippen LogP contribution in [0.25, 0.3) is 22.2 Å². The van der Waals surface area contributed by atoms with Crippen LogP contribution in [0.15, 0.2) is 48.5 Å². The number of hydrogen-bond donors (Lipinski definition) is 2. The van der Waals surface area contributed by atoms with E-state index in [0.29, 0.717) is 22.0 Å². The summed E-state index contributed by atoms with van der Waals surface area (Å²) in [6.45, 7) is 10.9. The number of nitrogens with two attached hydrogens (primary N) is 1. The number of carbonyl (C=O) groups excluding carboxylic acids is 2. The topological polar surface area (TPSA) is 85.1 Å². The quantitative estimate of drug-likeness (QED) is 0.307. The van der Waals surface area contributed by atoms with Crippen molar-refractivity contribution in [2.75, 3.05) is 5.32 Å². The Bertz CT molecular complexity index is 1540. The van der Waals surface area contributed by atoms with E-state index in [1.54, 1.807) is 0 Å². The lowest BCUT2D eigenvalue weighted by molar-refractivity contribution is 0.1000. The van der Waals surface area contributed by atoms with Crippen molar-refractivity contribution in [3.05, 3.63) is 81.2 Å². The van der Waals surface area contributed by atoms with Gasteiger partial charge in [-0.3, -0.25) is 9.59 Å². The second kappa shape index (κ2) is 9.42. The first kappa shape index (κ1) is 25.2. The van der Waals surface area contributed by atoms with Gasteiger partial charge in [0.15, 0.2) is 0 Å². The largest absolute Gasteiger partial charge is 0.365 e. The first-order chi connectivity index (χ1) is 17.5. The minimum Gasteiger partial charge on any atom is -0.365 e. The lowest BCUT2D eigenvalue weighted by Gasteiger charge is -2.33. The summed E-state index contributed by atoms with van der Waals surface area (Å²) in [7, 11) is 0. The van der Waals surface area contributed by atoms with Crippen LogP contribution in [0.5, 0.6) is 0 Å². The fourth-order valence-electron chi connectivity index (χ4n) is 5.26. The number of aryl methyl sites for hydroxylation is 2. The first-order valence-electron chi connectivity index (χ1n) is 12.8. The summed E-state index contributed by atoms with van der Waals surface area (Å²) in [4.78, 5) is 32.3. The van der Waals surface area contributed by atoms with E-state index in [0.717, 1.165) is 51.9 Å². The van der Waals surface area contributed by atoms with Crippen molar-refractivity contribution in [2.45, 2.75) is 53.9 Å². The van der Waals surface area contributed by atoms with Crippen molar-refractivity contribution in [1.82, 2.24) is 4.98 Å². The van der Waals surface area contributed by atoms with Crippen LogP contribution in [0.2, 0.25) is 0 Å². The van der Waals surface area contributed by atoms with E-state index in [9.17, 15) is 9.59 Å². The second-order valence-corrected chi connectivity index (χ2v) is 12.3. The molecule has 5 rings (SSSR count). The van der Waals surface area contributed by atoms with Crippen LogP contribution in [0.4, 0.5) is 5.00 Å². The van der Waals surface area contributed by atoms with E-state index in [2.05, 4.69) is 52.1 Å². The lowest BCUT2D eigenvalue weighted by atomic mass is 9.72. The summed E-state index contributed by atoms with van der Waals surface area (Å²) in [5.74, 6) is -0.234. The smallest absolute Gasteiger partial charge is 0.257 e. The van der Waals surface area contributed by atoms with Gasteiger partial charge in [0.05, 0.1) is 22.3 Å². The number of aromatic nitrogens is 1. The molecule has 0 saturated heterocycles. The molecule has 190 valence electrons. The fraction of sp³-hybridized carbons (Fsp3) is 0.323. The maximum atomic E-state index is 13.8. The number of pyridine rings is 1. The number of primary amides is 1. The highest BCUT2D eigenvalue weighted by atomic mass is 32.1. The second-order valence-electron chi connectivity index (χ2n) is 11.2. The zero-order chi connectivity index (χ0) is 26.5. The molecule has 3 N–H and O–H groups in total. The molecular formula is C31H33N3O2S. The average Bonchev–Trinajstić information content (AvgIpc) is 3.21. The molecule has 0 spiro atoms. The van der Waals surface area contributed by atoms with E-state index in [1.807, 2.05) is 36.4 Å². The van der Waals surface area contributed by atoms with Gasteiger partial charge in [-0.05, 0) is 79.3 Å². The minimum atomic E-state index is -0.489. The van der Waals surface area contributed by atoms with Crippen molar-refractivity contribution in [3.63, 3.8) is 0 Å². The van der Waals surface area contributed by atoms with E-state index in [4.69, 9.17) is 10.7 Å². The Balaban J connectivity index is 1.56. The summed E-state index contributed by atoms with van der Waals surface area (Å²) in [5.41, 5.74) is 12.8. The highest BCUT2D eigenvalue weighted by Gasteiger charge is 2.33. The maximum Gasteiger partial charge on any atom is 0.257 e. The zero-order valence-electron chi connectivity index (χ0n) is 22.1. The summed E-state index contributed by atoms with van der Waals surface area (Å²) in [6.07, 6.45) is 2.71. The number of nitrogens with one attached hydrogen (secondary N) is 1. The Kier molecular flexibility index (Phi) is 6.40. The molecule has 0 fully saturated rings. The van der Waals surface area contributed by atoms with E-state index in [-0.39, 0.29) is 11.3 Å². The van der Waals surface area contributed by atoms with Crippen molar-refractivity contribution in [3.8, 4) is 11.3 Å². The van der Waals surface area contributed by atoms with Crippen LogP contribution >= 0.6 is 11.3 Å². The molecule has 0 unspecified atom stereocenters. The van der Waals surface area contributed by atoms with Crippen LogP contribution in [0, 0.1) is 25.2 Å². The summed E-state index contributed by atoms with van der Waals surface area (Å²) in [5, 5.41) is 4.37. The van der Waals surface area contributed by atoms with Gasteiger partial charge in [-0.1, -0.05) is 51.1 Å². The van der Waals surface area contributed by atoms with Gasteiger partial charge in [-0.2, -0.15) is 0 Å². The lowest BCUT2D eigenvalue weighted by Crippen LogP contribution is -2.27. The molecule has 0 radical (unpaired) electrons. The molecule has 0 aliphatic heterocycles. The number of benzene rings is 2. The molecule has 1 atom stereocenters. The predicted octanol–water partition coefficient (Wildman–Crippen LogP) is 7.08. The van der Waals surface area contributed by atoms with Gasteiger partial charge >= 0.3 is 0 Å². The molecule has 2 aromatic heterocycles. The van der Waals surface area contributed by atoms with Crippen LogP contribution in [0.3, 0.4) is 0 Å². The third kappa shape index (κ3) is 4.78. The predicted molar refractivity (Wildman–Crippen MR) is 152 cm³/mol. The monoisotopic (exact) mass is 511 g/mol. The number of amides is 2. The van der Waals surface area contributed by atoms with Crippen LogP contribution < -0.4 is 11.1 Å². The van der Waals surface area contributed by atoms with E-state index < -0.39 is 5.91 Å². The van der Waals surface area contributed by atoms with Gasteiger partial charge < -0.3 is 11.1 Å². The SMILES string of the molecule is Cc1ccc(-c2cc(C(=O)Nc3sc4c(c3C(N)=O)CC[C@@H](C(C)(C)C)C4)c3ccccc3n2)cc1C. The molecule has 5 nitrogen and oxygen atoms in total. The normalized spacial score (nSPS) is 15.4. The molecule has 37 heavy (non-hydrogen) atoms. The van der Waals surface area contributed by atoms with Gasteiger partial charge in [0.2, 0.25) is 0 Å². The van der Waals surface area contributed by atoms with Crippen molar-refractivity contribution < 1.29 is 9.59 Å². The highest BCUT2D eigenvalue weighted by molar-refractivity contribution is 7.17. The molecule has 0 saturated carbocycles. The van der Waals surface area contributed by atoms with E-state index in [1.165, 1.54) is 22.5 Å². The fourth-order valence-corrected chi connectivity index (χ4v) is 6.58. The molecule has 1 aliphatic carbocycles. The highest BCUT2D eigenvalue weighted by Crippen LogP contribution is 2.44. The van der Waals surface area contributed by atoms with Crippen LogP contribution in [0.1, 0.15) is 69.5 Å². The van der Waals surface area contributed by atoms with Gasteiger partial charge in [-0.25, -0.2) is 4.98 Å². The summed E-state index contributed by atoms with van der Waals surface area (Å²) in [6, 6.07) is 15.7. The van der Waals surface area contributed by atoms with Gasteiger partial charge in [0.25, 0.3) is 11.8 Å². The summed E-state index contributed by atoms with van der Waals surface area (Å²) < 4.78 is 0. The molecule has 1 aliphatic rings. The molecule has 2 aromatic carbocycles. The number of carbonyl (C=O) groups is 2. The Morgan fingerprint density at radius 3 is 2.51 bits per heavy atom. The number of fused-ring (bicyclic) bond motifs is 2. The molecule has 4 aromatic rings. The Hall–Kier alpha value is -3.51. The minimum absolute atomic E-state index is 0.179. The maximum absolute atomic E-state index is 13.8. The number of para-hydroxylation sites is 1.